The van der Waals surface area contributed by atoms with Crippen molar-refractivity contribution in [2.24, 2.45) is 0 Å². The van der Waals surface area contributed by atoms with Crippen LogP contribution in [-0.4, -0.2) is 16.7 Å². The van der Waals surface area contributed by atoms with Crippen LogP contribution in [0.2, 0.25) is 0 Å². The van der Waals surface area contributed by atoms with Gasteiger partial charge in [0.25, 0.3) is 0 Å². The fraction of sp³-hybridized carbons (Fsp3) is 0.273. The second-order valence-corrected chi connectivity index (χ2v) is 5.37. The molecule has 1 aromatic carbocycles. The van der Waals surface area contributed by atoms with Crippen LogP contribution in [0, 0.1) is 5.82 Å². The molecule has 0 atom stereocenters. The number of hydrogen-bond acceptors (Lipinski definition) is 5. The number of hydrogen-bond donors (Lipinski definition) is 1. The molecule has 0 saturated carbocycles. The molecule has 2 aromatic rings. The van der Waals surface area contributed by atoms with Crippen molar-refractivity contribution in [1.29, 1.82) is 0 Å². The lowest BCUT2D eigenvalue weighted by Gasteiger charge is -2.05. The van der Waals surface area contributed by atoms with Crippen LogP contribution in [0.15, 0.2) is 22.7 Å². The third-order valence-electron chi connectivity index (χ3n) is 2.04. The summed E-state index contributed by atoms with van der Waals surface area (Å²) in [5, 5.41) is 12.4. The summed E-state index contributed by atoms with van der Waals surface area (Å²) in [6.45, 7) is 2.97. The maximum atomic E-state index is 13.4. The molecule has 0 aliphatic heterocycles. The highest BCUT2D eigenvalue weighted by Crippen LogP contribution is 2.24. The van der Waals surface area contributed by atoms with E-state index >= 15 is 0 Å². The molecular weight excluding hydrogens is 321 g/mol. The first-order valence-corrected chi connectivity index (χ1v) is 6.94. The Morgan fingerprint density at radius 3 is 3.06 bits per heavy atom. The lowest BCUT2D eigenvalue weighted by molar-refractivity contribution is 0.288. The van der Waals surface area contributed by atoms with Crippen molar-refractivity contribution in [1.82, 2.24) is 10.2 Å². The summed E-state index contributed by atoms with van der Waals surface area (Å²) >= 11 is 4.66. The number of anilines is 1. The normalized spacial score (nSPS) is 10.4. The topological polar surface area (TPSA) is 47.0 Å². The molecule has 4 nitrogen and oxygen atoms in total. The van der Waals surface area contributed by atoms with Gasteiger partial charge in [0.2, 0.25) is 5.13 Å². The SMILES string of the molecule is CCNc1nnc(COc2cc(Br)ccc2F)s1. The highest BCUT2D eigenvalue weighted by atomic mass is 79.9. The summed E-state index contributed by atoms with van der Waals surface area (Å²) in [4.78, 5) is 0. The first-order valence-electron chi connectivity index (χ1n) is 5.33. The molecular formula is C11H11BrFN3OS. The van der Waals surface area contributed by atoms with Crippen molar-refractivity contribution < 1.29 is 9.13 Å². The molecule has 7 heteroatoms. The average molecular weight is 332 g/mol. The minimum Gasteiger partial charge on any atom is -0.483 e. The summed E-state index contributed by atoms with van der Waals surface area (Å²) < 4.78 is 19.5. The molecule has 1 aromatic heterocycles. The van der Waals surface area contributed by atoms with Gasteiger partial charge in [-0.1, -0.05) is 27.3 Å². The first-order chi connectivity index (χ1) is 8.69. The largest absolute Gasteiger partial charge is 0.483 e. The zero-order valence-corrected chi connectivity index (χ0v) is 12.0. The van der Waals surface area contributed by atoms with Crippen LogP contribution >= 0.6 is 27.3 Å². The van der Waals surface area contributed by atoms with Crippen LogP contribution < -0.4 is 10.1 Å². The standard InChI is InChI=1S/C11H11BrFN3OS/c1-2-14-11-16-15-10(18-11)6-17-9-5-7(12)3-4-8(9)13/h3-5H,2,6H2,1H3,(H,14,16). The molecule has 1 heterocycles. The highest BCUT2D eigenvalue weighted by Gasteiger charge is 2.07. The minimum atomic E-state index is -0.394. The van der Waals surface area contributed by atoms with Crippen molar-refractivity contribution in [3.05, 3.63) is 33.5 Å². The molecule has 0 saturated heterocycles. The van der Waals surface area contributed by atoms with E-state index in [1.807, 2.05) is 6.92 Å². The second kappa shape index (κ2) is 6.10. The summed E-state index contributed by atoms with van der Waals surface area (Å²) in [5.41, 5.74) is 0. The van der Waals surface area contributed by atoms with E-state index in [0.717, 1.165) is 16.1 Å². The van der Waals surface area contributed by atoms with Crippen LogP contribution in [-0.2, 0) is 6.61 Å². The number of aromatic nitrogens is 2. The van der Waals surface area contributed by atoms with Gasteiger partial charge in [-0.2, -0.15) is 0 Å². The highest BCUT2D eigenvalue weighted by molar-refractivity contribution is 9.10. The monoisotopic (exact) mass is 331 g/mol. The molecule has 0 amide bonds. The Bertz CT molecular complexity index is 535. The number of ether oxygens (including phenoxy) is 1. The van der Waals surface area contributed by atoms with Crippen LogP contribution in [0.3, 0.4) is 0 Å². The number of nitrogens with zero attached hydrogens (tertiary/aromatic N) is 2. The summed E-state index contributed by atoms with van der Waals surface area (Å²) in [7, 11) is 0. The summed E-state index contributed by atoms with van der Waals surface area (Å²) in [6, 6.07) is 4.56. The van der Waals surface area contributed by atoms with Crippen LogP contribution in [0.4, 0.5) is 9.52 Å². The smallest absolute Gasteiger partial charge is 0.205 e. The van der Waals surface area contributed by atoms with Crippen molar-refractivity contribution >= 4 is 32.4 Å². The summed E-state index contributed by atoms with van der Waals surface area (Å²) in [5.74, 6) is -0.195. The number of nitrogens with one attached hydrogen (secondary N) is 1. The maximum Gasteiger partial charge on any atom is 0.205 e. The van der Waals surface area contributed by atoms with Gasteiger partial charge in [0, 0.05) is 11.0 Å². The molecule has 0 aliphatic carbocycles. The fourth-order valence-corrected chi connectivity index (χ4v) is 2.32. The minimum absolute atomic E-state index is 0.199. The molecule has 0 aliphatic rings. The van der Waals surface area contributed by atoms with Gasteiger partial charge in [-0.25, -0.2) is 4.39 Å². The van der Waals surface area contributed by atoms with Gasteiger partial charge in [-0.05, 0) is 25.1 Å². The van der Waals surface area contributed by atoms with E-state index in [2.05, 4.69) is 31.4 Å². The van der Waals surface area contributed by atoms with E-state index < -0.39 is 5.82 Å². The van der Waals surface area contributed by atoms with Crippen molar-refractivity contribution in [3.63, 3.8) is 0 Å². The zero-order chi connectivity index (χ0) is 13.0. The second-order valence-electron chi connectivity index (χ2n) is 3.39. The Morgan fingerprint density at radius 1 is 1.44 bits per heavy atom. The number of halogens is 2. The molecule has 0 fully saturated rings. The van der Waals surface area contributed by atoms with Gasteiger partial charge in [-0.15, -0.1) is 10.2 Å². The van der Waals surface area contributed by atoms with Crippen molar-refractivity contribution in [2.75, 3.05) is 11.9 Å². The van der Waals surface area contributed by atoms with Gasteiger partial charge < -0.3 is 10.1 Å². The lowest BCUT2D eigenvalue weighted by Crippen LogP contribution is -1.97. The fourth-order valence-electron chi connectivity index (χ4n) is 1.26. The number of rotatable bonds is 5. The predicted molar refractivity (Wildman–Crippen MR) is 72.5 cm³/mol. The zero-order valence-electron chi connectivity index (χ0n) is 9.61. The van der Waals surface area contributed by atoms with Gasteiger partial charge in [-0.3, -0.25) is 0 Å². The van der Waals surface area contributed by atoms with E-state index in [0.29, 0.717) is 5.01 Å². The average Bonchev–Trinajstić information content (AvgIpc) is 2.79. The Hall–Kier alpha value is -1.21. The molecule has 2 rings (SSSR count). The molecule has 1 N–H and O–H groups in total. The molecule has 0 unspecified atom stereocenters. The Kier molecular flexibility index (Phi) is 4.48. The maximum absolute atomic E-state index is 13.4. The van der Waals surface area contributed by atoms with E-state index in [4.69, 9.17) is 4.74 Å². The van der Waals surface area contributed by atoms with Crippen molar-refractivity contribution in [3.8, 4) is 5.75 Å². The Balaban J connectivity index is 1.99. The van der Waals surface area contributed by atoms with Gasteiger partial charge in [0.15, 0.2) is 16.6 Å². The van der Waals surface area contributed by atoms with E-state index in [-0.39, 0.29) is 12.4 Å². The molecule has 96 valence electrons. The van der Waals surface area contributed by atoms with Crippen LogP contribution in [0.25, 0.3) is 0 Å². The van der Waals surface area contributed by atoms with Crippen LogP contribution in [0.1, 0.15) is 11.9 Å². The third-order valence-corrected chi connectivity index (χ3v) is 3.39. The van der Waals surface area contributed by atoms with Gasteiger partial charge >= 0.3 is 0 Å². The quantitative estimate of drug-likeness (QED) is 0.911. The molecule has 18 heavy (non-hydrogen) atoms. The Morgan fingerprint density at radius 2 is 2.28 bits per heavy atom. The molecule has 0 radical (unpaired) electrons. The summed E-state index contributed by atoms with van der Waals surface area (Å²) in [6.07, 6.45) is 0. The van der Waals surface area contributed by atoms with E-state index in [9.17, 15) is 4.39 Å². The Labute approximate surface area is 116 Å². The van der Waals surface area contributed by atoms with Crippen molar-refractivity contribution in [2.45, 2.75) is 13.5 Å². The molecule has 0 bridgehead atoms. The third kappa shape index (κ3) is 3.39. The predicted octanol–water partition coefficient (Wildman–Crippen LogP) is 3.45. The van der Waals surface area contributed by atoms with Crippen LogP contribution in [0.5, 0.6) is 5.75 Å². The van der Waals surface area contributed by atoms with E-state index in [1.165, 1.54) is 17.4 Å². The number of benzene rings is 1. The van der Waals surface area contributed by atoms with E-state index in [1.54, 1.807) is 12.1 Å². The molecule has 0 spiro atoms. The first kappa shape index (κ1) is 13.2. The lowest BCUT2D eigenvalue weighted by atomic mass is 10.3. The van der Waals surface area contributed by atoms with Gasteiger partial charge in [0.1, 0.15) is 6.61 Å². The van der Waals surface area contributed by atoms with Gasteiger partial charge in [0.05, 0.1) is 0 Å².